The third kappa shape index (κ3) is 2.54. The molecule has 1 aromatic heterocycles. The summed E-state index contributed by atoms with van der Waals surface area (Å²) >= 11 is 0. The molecule has 6 nitrogen and oxygen atoms in total. The zero-order valence-corrected chi connectivity index (χ0v) is 12.2. The van der Waals surface area contributed by atoms with Gasteiger partial charge in [-0.15, -0.1) is 0 Å². The van der Waals surface area contributed by atoms with E-state index in [2.05, 4.69) is 5.32 Å². The average molecular weight is 276 g/mol. The second-order valence-electron chi connectivity index (χ2n) is 6.14. The summed E-state index contributed by atoms with van der Waals surface area (Å²) in [5.41, 5.74) is 7.02. The third-order valence-corrected chi connectivity index (χ3v) is 3.05. The van der Waals surface area contributed by atoms with Crippen LogP contribution in [0.2, 0.25) is 0 Å². The van der Waals surface area contributed by atoms with E-state index in [9.17, 15) is 9.59 Å². The Labute approximate surface area is 117 Å². The Morgan fingerprint density at radius 1 is 1.30 bits per heavy atom. The lowest BCUT2D eigenvalue weighted by molar-refractivity contribution is 0.237. The quantitative estimate of drug-likeness (QED) is 0.775. The fourth-order valence-corrected chi connectivity index (χ4v) is 1.98. The van der Waals surface area contributed by atoms with Crippen molar-refractivity contribution in [1.29, 1.82) is 0 Å². The molecular formula is C14H20N4O2. The predicted molar refractivity (Wildman–Crippen MR) is 79.8 cm³/mol. The summed E-state index contributed by atoms with van der Waals surface area (Å²) in [6.45, 7) is 6.52. The van der Waals surface area contributed by atoms with Crippen molar-refractivity contribution in [2.45, 2.75) is 20.8 Å². The highest BCUT2D eigenvalue weighted by Gasteiger charge is 2.18. The lowest BCUT2D eigenvalue weighted by atomic mass is 9.97. The molecule has 0 unspecified atom stereocenters. The molecule has 1 aromatic carbocycles. The molecule has 0 spiro atoms. The maximum Gasteiger partial charge on any atom is 0.337 e. The summed E-state index contributed by atoms with van der Waals surface area (Å²) in [6, 6.07) is 4.65. The Hall–Kier alpha value is -2.24. The zero-order valence-electron chi connectivity index (χ0n) is 12.2. The van der Waals surface area contributed by atoms with Crippen LogP contribution in [0.4, 0.5) is 10.5 Å². The van der Waals surface area contributed by atoms with Crippen molar-refractivity contribution in [3.63, 3.8) is 0 Å². The van der Waals surface area contributed by atoms with Gasteiger partial charge in [-0.2, -0.15) is 0 Å². The highest BCUT2D eigenvalue weighted by Crippen LogP contribution is 2.16. The first-order valence-electron chi connectivity index (χ1n) is 6.46. The average Bonchev–Trinajstić information content (AvgIpc) is 2.58. The van der Waals surface area contributed by atoms with Crippen LogP contribution in [0.1, 0.15) is 20.8 Å². The summed E-state index contributed by atoms with van der Waals surface area (Å²) in [5.74, 6) is 0. The predicted octanol–water partition coefficient (Wildman–Crippen LogP) is 1.53. The molecule has 6 heteroatoms. The van der Waals surface area contributed by atoms with Crippen LogP contribution in [0.5, 0.6) is 0 Å². The van der Waals surface area contributed by atoms with Crippen molar-refractivity contribution < 1.29 is 4.79 Å². The Kier molecular flexibility index (Phi) is 3.33. The molecule has 0 bridgehead atoms. The number of nitrogens with two attached hydrogens (primary N) is 1. The summed E-state index contributed by atoms with van der Waals surface area (Å²) in [5, 5.41) is 2.77. The number of imidazole rings is 1. The van der Waals surface area contributed by atoms with E-state index < -0.39 is 6.03 Å². The highest BCUT2D eigenvalue weighted by molar-refractivity contribution is 5.90. The van der Waals surface area contributed by atoms with Crippen molar-refractivity contribution >= 4 is 22.8 Å². The highest BCUT2D eigenvalue weighted by atomic mass is 16.2. The molecule has 108 valence electrons. The van der Waals surface area contributed by atoms with Crippen molar-refractivity contribution in [3.8, 4) is 0 Å². The number of nitrogens with one attached hydrogen (secondary N) is 1. The molecule has 0 saturated heterocycles. The number of hydrogen-bond acceptors (Lipinski definition) is 3. The second kappa shape index (κ2) is 4.70. The number of nitrogens with zero attached hydrogens (tertiary/aromatic N) is 2. The molecule has 3 N–H and O–H groups in total. The molecule has 0 aliphatic carbocycles. The van der Waals surface area contributed by atoms with Crippen molar-refractivity contribution in [2.24, 2.45) is 12.5 Å². The minimum atomic E-state index is -0.430. The number of nitrogen functional groups attached to an aromatic ring is 1. The van der Waals surface area contributed by atoms with Crippen LogP contribution < -0.4 is 16.7 Å². The van der Waals surface area contributed by atoms with Gasteiger partial charge in [-0.3, -0.25) is 4.57 Å². The van der Waals surface area contributed by atoms with E-state index in [0.717, 1.165) is 4.57 Å². The Morgan fingerprint density at radius 3 is 2.55 bits per heavy atom. The molecule has 0 fully saturated rings. The maximum absolute atomic E-state index is 12.2. The normalized spacial score (nSPS) is 11.8. The van der Waals surface area contributed by atoms with Crippen LogP contribution >= 0.6 is 0 Å². The molecule has 0 saturated carbocycles. The lowest BCUT2D eigenvalue weighted by Gasteiger charge is -2.18. The van der Waals surface area contributed by atoms with Crippen molar-refractivity contribution in [2.75, 3.05) is 12.3 Å². The fraction of sp³-hybridized carbons (Fsp3) is 0.429. The van der Waals surface area contributed by atoms with E-state index in [1.54, 1.807) is 25.2 Å². The molecular weight excluding hydrogens is 256 g/mol. The van der Waals surface area contributed by atoms with E-state index in [-0.39, 0.29) is 11.1 Å². The van der Waals surface area contributed by atoms with Crippen LogP contribution in [0.25, 0.3) is 11.0 Å². The number of anilines is 1. The summed E-state index contributed by atoms with van der Waals surface area (Å²) < 4.78 is 2.56. The molecule has 1 amide bonds. The van der Waals surface area contributed by atoms with E-state index in [0.29, 0.717) is 23.3 Å². The van der Waals surface area contributed by atoms with E-state index in [4.69, 9.17) is 5.73 Å². The first-order valence-corrected chi connectivity index (χ1v) is 6.46. The van der Waals surface area contributed by atoms with Crippen LogP contribution in [-0.4, -0.2) is 21.7 Å². The number of amides is 1. The third-order valence-electron chi connectivity index (χ3n) is 3.05. The Balaban J connectivity index is 2.48. The maximum atomic E-state index is 12.2. The molecule has 0 atom stereocenters. The van der Waals surface area contributed by atoms with Gasteiger partial charge in [0.1, 0.15) is 0 Å². The SMILES string of the molecule is Cn1c(=O)n(C(=O)NCC(C)(C)C)c2cc(N)ccc21. The van der Waals surface area contributed by atoms with Gasteiger partial charge in [-0.1, -0.05) is 20.8 Å². The number of fused-ring (bicyclic) bond motifs is 1. The zero-order chi connectivity index (χ0) is 15.1. The molecule has 2 aromatic rings. The van der Waals surface area contributed by atoms with Gasteiger partial charge in [-0.25, -0.2) is 14.2 Å². The molecule has 1 heterocycles. The molecule has 0 radical (unpaired) electrons. The Bertz CT molecular complexity index is 719. The fourth-order valence-electron chi connectivity index (χ4n) is 1.98. The van der Waals surface area contributed by atoms with Crippen LogP contribution in [-0.2, 0) is 7.05 Å². The van der Waals surface area contributed by atoms with Gasteiger partial charge < -0.3 is 11.1 Å². The minimum Gasteiger partial charge on any atom is -0.399 e. The van der Waals surface area contributed by atoms with E-state index in [1.807, 2.05) is 20.8 Å². The Morgan fingerprint density at radius 2 is 1.95 bits per heavy atom. The van der Waals surface area contributed by atoms with Gasteiger partial charge in [0.25, 0.3) is 0 Å². The summed E-state index contributed by atoms with van der Waals surface area (Å²) in [6.07, 6.45) is 0. The molecule has 0 aliphatic heterocycles. The minimum absolute atomic E-state index is 0.0527. The monoisotopic (exact) mass is 276 g/mol. The second-order valence-corrected chi connectivity index (χ2v) is 6.14. The first-order chi connectivity index (χ1) is 9.20. The standard InChI is InChI=1S/C14H20N4O2/c1-14(2,3)8-16-12(19)18-11-7-9(15)5-6-10(11)17(4)13(18)20/h5-7H,8,15H2,1-4H3,(H,16,19). The number of aromatic nitrogens is 2. The number of carbonyl (C=O) groups is 1. The van der Waals surface area contributed by atoms with Gasteiger partial charge in [-0.05, 0) is 23.6 Å². The van der Waals surface area contributed by atoms with Gasteiger partial charge in [0.15, 0.2) is 0 Å². The first kappa shape index (κ1) is 14.2. The van der Waals surface area contributed by atoms with E-state index in [1.165, 1.54) is 4.57 Å². The smallest absolute Gasteiger partial charge is 0.337 e. The van der Waals surface area contributed by atoms with Gasteiger partial charge in [0.2, 0.25) is 0 Å². The number of benzene rings is 1. The summed E-state index contributed by atoms with van der Waals surface area (Å²) in [7, 11) is 1.63. The number of hydrogen-bond donors (Lipinski definition) is 2. The lowest BCUT2D eigenvalue weighted by Crippen LogP contribution is -2.40. The van der Waals surface area contributed by atoms with Crippen LogP contribution in [0.15, 0.2) is 23.0 Å². The molecule has 0 aliphatic rings. The van der Waals surface area contributed by atoms with Crippen LogP contribution in [0, 0.1) is 5.41 Å². The molecule has 20 heavy (non-hydrogen) atoms. The van der Waals surface area contributed by atoms with E-state index >= 15 is 0 Å². The van der Waals surface area contributed by atoms with Gasteiger partial charge >= 0.3 is 11.7 Å². The number of aryl methyl sites for hydroxylation is 1. The number of carbonyl (C=O) groups excluding carboxylic acids is 1. The van der Waals surface area contributed by atoms with Crippen molar-refractivity contribution in [1.82, 2.24) is 14.5 Å². The van der Waals surface area contributed by atoms with Gasteiger partial charge in [0, 0.05) is 19.3 Å². The summed E-state index contributed by atoms with van der Waals surface area (Å²) in [4.78, 5) is 24.4. The largest absolute Gasteiger partial charge is 0.399 e. The van der Waals surface area contributed by atoms with Crippen LogP contribution in [0.3, 0.4) is 0 Å². The number of rotatable bonds is 1. The van der Waals surface area contributed by atoms with Gasteiger partial charge in [0.05, 0.1) is 11.0 Å². The molecule has 2 rings (SSSR count). The topological polar surface area (TPSA) is 82.0 Å². The van der Waals surface area contributed by atoms with Crippen molar-refractivity contribution in [3.05, 3.63) is 28.7 Å².